The SMILES string of the molecule is CCOc1ccc(NC(=O)C2CC3c4ccccc4C2c2ccccc23)cc1. The Morgan fingerprint density at radius 1 is 0.893 bits per heavy atom. The lowest BCUT2D eigenvalue weighted by molar-refractivity contribution is -0.121. The molecule has 0 aliphatic heterocycles. The Morgan fingerprint density at radius 3 is 2.04 bits per heavy atom. The Bertz CT molecular complexity index is 977. The van der Waals surface area contributed by atoms with Crippen LogP contribution in [0, 0.1) is 5.92 Å². The van der Waals surface area contributed by atoms with Gasteiger partial charge in [-0.2, -0.15) is 0 Å². The Kier molecular flexibility index (Phi) is 4.16. The van der Waals surface area contributed by atoms with E-state index in [-0.39, 0.29) is 17.7 Å². The van der Waals surface area contributed by atoms with E-state index in [9.17, 15) is 4.79 Å². The average Bonchev–Trinajstić information content (AvgIpc) is 2.75. The van der Waals surface area contributed by atoms with E-state index in [1.54, 1.807) is 0 Å². The first-order valence-electron chi connectivity index (χ1n) is 9.97. The molecule has 1 N–H and O–H groups in total. The highest BCUT2D eigenvalue weighted by Gasteiger charge is 2.45. The van der Waals surface area contributed by atoms with Crippen LogP contribution in [0.4, 0.5) is 5.69 Å². The van der Waals surface area contributed by atoms with E-state index in [2.05, 4.69) is 53.8 Å². The molecule has 3 aliphatic carbocycles. The van der Waals surface area contributed by atoms with Crippen LogP contribution in [0.25, 0.3) is 0 Å². The second-order valence-electron chi connectivity index (χ2n) is 7.58. The molecule has 28 heavy (non-hydrogen) atoms. The minimum absolute atomic E-state index is 0.0543. The second-order valence-corrected chi connectivity index (χ2v) is 7.58. The Hall–Kier alpha value is -3.07. The second kappa shape index (κ2) is 6.83. The molecule has 3 aliphatic rings. The molecule has 1 unspecified atom stereocenters. The highest BCUT2D eigenvalue weighted by molar-refractivity contribution is 5.94. The van der Waals surface area contributed by atoms with Gasteiger partial charge in [-0.1, -0.05) is 48.5 Å². The lowest BCUT2D eigenvalue weighted by atomic mass is 9.59. The van der Waals surface area contributed by atoms with Gasteiger partial charge in [0.2, 0.25) is 5.91 Å². The first-order chi connectivity index (χ1) is 13.8. The average molecular weight is 369 g/mol. The number of carbonyl (C=O) groups is 1. The summed E-state index contributed by atoms with van der Waals surface area (Å²) in [6.07, 6.45) is 0.863. The summed E-state index contributed by atoms with van der Waals surface area (Å²) in [7, 11) is 0. The molecular weight excluding hydrogens is 346 g/mol. The lowest BCUT2D eigenvalue weighted by Gasteiger charge is -2.44. The van der Waals surface area contributed by atoms with E-state index in [1.165, 1.54) is 22.3 Å². The van der Waals surface area contributed by atoms with Crippen molar-refractivity contribution in [2.75, 3.05) is 11.9 Å². The van der Waals surface area contributed by atoms with Crippen LogP contribution in [0.3, 0.4) is 0 Å². The largest absolute Gasteiger partial charge is 0.494 e. The highest BCUT2D eigenvalue weighted by Crippen LogP contribution is 2.55. The van der Waals surface area contributed by atoms with Gasteiger partial charge in [0.25, 0.3) is 0 Å². The van der Waals surface area contributed by atoms with Crippen molar-refractivity contribution in [3.8, 4) is 5.75 Å². The fraction of sp³-hybridized carbons (Fsp3) is 0.240. The van der Waals surface area contributed by atoms with Gasteiger partial charge in [-0.05, 0) is 59.9 Å². The third-order valence-electron chi connectivity index (χ3n) is 6.07. The van der Waals surface area contributed by atoms with E-state index >= 15 is 0 Å². The first kappa shape index (κ1) is 17.1. The molecule has 1 atom stereocenters. The molecule has 1 amide bonds. The van der Waals surface area contributed by atoms with E-state index in [1.807, 2.05) is 31.2 Å². The van der Waals surface area contributed by atoms with E-state index in [4.69, 9.17) is 4.74 Å². The van der Waals surface area contributed by atoms with Gasteiger partial charge in [0.15, 0.2) is 0 Å². The minimum Gasteiger partial charge on any atom is -0.494 e. The van der Waals surface area contributed by atoms with E-state index in [0.717, 1.165) is 17.9 Å². The normalized spacial score (nSPS) is 21.5. The zero-order valence-corrected chi connectivity index (χ0v) is 15.9. The van der Waals surface area contributed by atoms with Crippen molar-refractivity contribution in [3.63, 3.8) is 0 Å². The van der Waals surface area contributed by atoms with Crippen molar-refractivity contribution in [3.05, 3.63) is 95.1 Å². The minimum atomic E-state index is -0.0543. The predicted molar refractivity (Wildman–Crippen MR) is 111 cm³/mol. The van der Waals surface area contributed by atoms with Crippen LogP contribution in [-0.4, -0.2) is 12.5 Å². The molecule has 0 saturated carbocycles. The molecule has 3 aromatic carbocycles. The smallest absolute Gasteiger partial charge is 0.228 e. The summed E-state index contributed by atoms with van der Waals surface area (Å²) in [5, 5.41) is 3.13. The number of nitrogens with one attached hydrogen (secondary N) is 1. The molecule has 0 heterocycles. The van der Waals surface area contributed by atoms with Gasteiger partial charge in [-0.3, -0.25) is 4.79 Å². The molecule has 0 aromatic heterocycles. The molecule has 3 heteroatoms. The summed E-state index contributed by atoms with van der Waals surface area (Å²) >= 11 is 0. The molecule has 0 radical (unpaired) electrons. The lowest BCUT2D eigenvalue weighted by Crippen LogP contribution is -2.38. The number of hydrogen-bond donors (Lipinski definition) is 1. The summed E-state index contributed by atoms with van der Waals surface area (Å²) in [6, 6.07) is 24.8. The van der Waals surface area contributed by atoms with Crippen LogP contribution in [0.5, 0.6) is 5.75 Å². The fourth-order valence-electron chi connectivity index (χ4n) is 4.93. The molecule has 3 aromatic rings. The van der Waals surface area contributed by atoms with Gasteiger partial charge in [0.1, 0.15) is 5.75 Å². The summed E-state index contributed by atoms with van der Waals surface area (Å²) in [4.78, 5) is 13.2. The third kappa shape index (κ3) is 2.70. The maximum Gasteiger partial charge on any atom is 0.228 e. The number of rotatable bonds is 4. The number of ether oxygens (including phenoxy) is 1. The highest BCUT2D eigenvalue weighted by atomic mass is 16.5. The van der Waals surface area contributed by atoms with Gasteiger partial charge in [0.05, 0.1) is 12.5 Å². The Labute approximate surface area is 165 Å². The number of carbonyl (C=O) groups excluding carboxylic acids is 1. The number of fused-ring (bicyclic) bond motifs is 1. The molecule has 140 valence electrons. The fourth-order valence-corrected chi connectivity index (χ4v) is 4.93. The maximum absolute atomic E-state index is 13.2. The summed E-state index contributed by atoms with van der Waals surface area (Å²) in [5.74, 6) is 1.29. The zero-order chi connectivity index (χ0) is 19.1. The van der Waals surface area contributed by atoms with Crippen LogP contribution in [0.1, 0.15) is 47.4 Å². The first-order valence-corrected chi connectivity index (χ1v) is 9.97. The van der Waals surface area contributed by atoms with Gasteiger partial charge >= 0.3 is 0 Å². The topological polar surface area (TPSA) is 38.3 Å². The monoisotopic (exact) mass is 369 g/mol. The van der Waals surface area contributed by atoms with E-state index < -0.39 is 0 Å². The molecule has 0 spiro atoms. The van der Waals surface area contributed by atoms with Crippen LogP contribution in [-0.2, 0) is 4.79 Å². The number of hydrogen-bond acceptors (Lipinski definition) is 2. The van der Waals surface area contributed by atoms with Crippen molar-refractivity contribution in [1.29, 1.82) is 0 Å². The maximum atomic E-state index is 13.2. The van der Waals surface area contributed by atoms with Crippen molar-refractivity contribution >= 4 is 11.6 Å². The van der Waals surface area contributed by atoms with Crippen LogP contribution in [0.15, 0.2) is 72.8 Å². The van der Waals surface area contributed by atoms with Gasteiger partial charge in [-0.25, -0.2) is 0 Å². The standard InChI is InChI=1S/C25H23NO2/c1-2-28-17-13-11-16(12-14-17)26-25(27)23-15-22-18-7-3-5-9-20(18)24(23)21-10-6-4-8-19(21)22/h3-14,22-24H,2,15H2,1H3,(H,26,27). The molecule has 3 nitrogen and oxygen atoms in total. The summed E-state index contributed by atoms with van der Waals surface area (Å²) < 4.78 is 5.49. The van der Waals surface area contributed by atoms with Crippen molar-refractivity contribution < 1.29 is 9.53 Å². The molecule has 2 bridgehead atoms. The summed E-state index contributed by atoms with van der Waals surface area (Å²) in [5.41, 5.74) is 6.21. The van der Waals surface area contributed by atoms with Crippen LogP contribution in [0.2, 0.25) is 0 Å². The van der Waals surface area contributed by atoms with Crippen LogP contribution < -0.4 is 10.1 Å². The molecule has 6 rings (SSSR count). The Morgan fingerprint density at radius 2 is 1.46 bits per heavy atom. The van der Waals surface area contributed by atoms with Gasteiger partial charge < -0.3 is 10.1 Å². The Balaban J connectivity index is 1.46. The summed E-state index contributed by atoms with van der Waals surface area (Å²) in [6.45, 7) is 2.60. The van der Waals surface area contributed by atoms with Gasteiger partial charge in [-0.15, -0.1) is 0 Å². The zero-order valence-electron chi connectivity index (χ0n) is 15.9. The number of amides is 1. The molecule has 0 saturated heterocycles. The van der Waals surface area contributed by atoms with E-state index in [0.29, 0.717) is 12.5 Å². The third-order valence-corrected chi connectivity index (χ3v) is 6.07. The number of anilines is 1. The number of benzene rings is 3. The van der Waals surface area contributed by atoms with Crippen molar-refractivity contribution in [1.82, 2.24) is 0 Å². The quantitative estimate of drug-likeness (QED) is 0.676. The predicted octanol–water partition coefficient (Wildman–Crippen LogP) is 5.32. The molecule has 0 fully saturated rings. The van der Waals surface area contributed by atoms with Crippen molar-refractivity contribution in [2.45, 2.75) is 25.2 Å². The van der Waals surface area contributed by atoms with Gasteiger partial charge in [0, 0.05) is 17.5 Å². The van der Waals surface area contributed by atoms with Crippen LogP contribution >= 0.6 is 0 Å². The molecular formula is C25H23NO2. The van der Waals surface area contributed by atoms with Crippen molar-refractivity contribution in [2.24, 2.45) is 5.92 Å².